The van der Waals surface area contributed by atoms with Crippen molar-refractivity contribution in [2.75, 3.05) is 13.2 Å². The van der Waals surface area contributed by atoms with Crippen LogP contribution in [0.1, 0.15) is 37.4 Å². The van der Waals surface area contributed by atoms with Gasteiger partial charge < -0.3 is 14.2 Å². The second-order valence-electron chi connectivity index (χ2n) is 9.00. The van der Waals surface area contributed by atoms with Crippen molar-refractivity contribution in [3.05, 3.63) is 72.6 Å². The topological polar surface area (TPSA) is 47.4 Å². The van der Waals surface area contributed by atoms with Crippen LogP contribution in [-0.2, 0) is 11.3 Å². The van der Waals surface area contributed by atoms with Crippen LogP contribution >= 0.6 is 0 Å². The monoisotopic (exact) mass is 425 g/mol. The molecule has 0 radical (unpaired) electrons. The number of likely N-dealkylation sites (tertiary alicyclic amines) is 1. The summed E-state index contributed by atoms with van der Waals surface area (Å²) in [5, 5.41) is 2.42. The van der Waals surface area contributed by atoms with Crippen LogP contribution < -0.4 is 4.74 Å². The molecular weight excluding hydrogens is 398 g/mol. The van der Waals surface area contributed by atoms with E-state index in [-0.39, 0.29) is 11.8 Å². The summed E-state index contributed by atoms with van der Waals surface area (Å²) in [7, 11) is 0. The van der Waals surface area contributed by atoms with E-state index >= 15 is 0 Å². The summed E-state index contributed by atoms with van der Waals surface area (Å²) in [6.07, 6.45) is 3.77. The number of ether oxygens (including phenoxy) is 1. The molecule has 0 N–H and O–H groups in total. The first-order valence-electron chi connectivity index (χ1n) is 11.6. The molecule has 1 unspecified atom stereocenters. The van der Waals surface area contributed by atoms with Gasteiger partial charge in [-0.3, -0.25) is 4.79 Å². The fraction of sp³-hybridized carbons (Fsp3) is 0.333. The third-order valence-corrected chi connectivity index (χ3v) is 6.71. The molecule has 1 saturated heterocycles. The molecule has 2 aliphatic rings. The first-order chi connectivity index (χ1) is 15.8. The smallest absolute Gasteiger partial charge is 0.223 e. The number of rotatable bonds is 7. The average Bonchev–Trinajstić information content (AvgIpc) is 3.49. The fourth-order valence-electron chi connectivity index (χ4n) is 4.95. The summed E-state index contributed by atoms with van der Waals surface area (Å²) in [4.78, 5) is 19.6. The summed E-state index contributed by atoms with van der Waals surface area (Å²) < 4.78 is 8.38. The molecule has 162 valence electrons. The number of aromatic nitrogens is 2. The summed E-state index contributed by atoms with van der Waals surface area (Å²) in [6, 6.07) is 23.3. The fourth-order valence-corrected chi connectivity index (χ4v) is 4.95. The van der Waals surface area contributed by atoms with Gasteiger partial charge in [-0.1, -0.05) is 42.5 Å². The number of hydrogen-bond acceptors (Lipinski definition) is 3. The van der Waals surface area contributed by atoms with Gasteiger partial charge >= 0.3 is 0 Å². The Kier molecular flexibility index (Phi) is 4.82. The lowest BCUT2D eigenvalue weighted by Crippen LogP contribution is -2.27. The predicted octanol–water partition coefficient (Wildman–Crippen LogP) is 5.14. The molecule has 1 atom stereocenters. The molecule has 2 heterocycles. The largest absolute Gasteiger partial charge is 0.494 e. The zero-order valence-electron chi connectivity index (χ0n) is 18.1. The Morgan fingerprint density at radius 1 is 0.969 bits per heavy atom. The molecule has 1 aliphatic heterocycles. The molecular formula is C27H27N3O2. The van der Waals surface area contributed by atoms with Crippen LogP contribution in [0.3, 0.4) is 0 Å². The van der Waals surface area contributed by atoms with Crippen molar-refractivity contribution in [3.63, 3.8) is 0 Å². The molecule has 6 rings (SSSR count). The maximum atomic E-state index is 12.5. The zero-order valence-corrected chi connectivity index (χ0v) is 18.1. The lowest BCUT2D eigenvalue weighted by molar-refractivity contribution is -0.128. The highest BCUT2D eigenvalue weighted by atomic mass is 16.5. The Bertz CT molecular complexity index is 1290. The van der Waals surface area contributed by atoms with E-state index in [0.29, 0.717) is 19.1 Å². The van der Waals surface area contributed by atoms with E-state index in [1.807, 2.05) is 12.1 Å². The Balaban J connectivity index is 1.18. The van der Waals surface area contributed by atoms with Crippen LogP contribution in [0.15, 0.2) is 66.7 Å². The molecule has 2 fully saturated rings. The Hall–Kier alpha value is -3.34. The van der Waals surface area contributed by atoms with Gasteiger partial charge in [0.2, 0.25) is 5.91 Å². The molecule has 0 spiro atoms. The quantitative estimate of drug-likeness (QED) is 0.385. The van der Waals surface area contributed by atoms with Gasteiger partial charge in [-0.2, -0.15) is 0 Å². The molecule has 1 aromatic heterocycles. The van der Waals surface area contributed by atoms with Crippen LogP contribution in [0.4, 0.5) is 0 Å². The second-order valence-corrected chi connectivity index (χ2v) is 9.00. The van der Waals surface area contributed by atoms with Gasteiger partial charge in [-0.25, -0.2) is 4.98 Å². The number of aryl methyl sites for hydroxylation is 1. The summed E-state index contributed by atoms with van der Waals surface area (Å²) >= 11 is 0. The van der Waals surface area contributed by atoms with Gasteiger partial charge in [0.15, 0.2) is 0 Å². The lowest BCUT2D eigenvalue weighted by atomic mass is 10.1. The van der Waals surface area contributed by atoms with Gasteiger partial charge in [-0.05, 0) is 54.3 Å². The van der Waals surface area contributed by atoms with E-state index in [2.05, 4.69) is 64.1 Å². The number of amides is 1. The van der Waals surface area contributed by atoms with Gasteiger partial charge in [0.05, 0.1) is 17.6 Å². The minimum absolute atomic E-state index is 0.178. The Labute approximate surface area is 187 Å². The number of carbonyl (C=O) groups excluding carboxylic acids is 1. The molecule has 4 aromatic rings. The molecule has 1 aliphatic carbocycles. The maximum absolute atomic E-state index is 12.5. The lowest BCUT2D eigenvalue weighted by Gasteiger charge is -2.16. The van der Waals surface area contributed by atoms with Crippen molar-refractivity contribution < 1.29 is 9.53 Å². The van der Waals surface area contributed by atoms with E-state index in [1.54, 1.807) is 0 Å². The highest BCUT2D eigenvalue weighted by Crippen LogP contribution is 2.37. The van der Waals surface area contributed by atoms with Crippen LogP contribution in [0, 0.1) is 0 Å². The first-order valence-corrected chi connectivity index (χ1v) is 11.6. The Morgan fingerprint density at radius 2 is 1.78 bits per heavy atom. The van der Waals surface area contributed by atoms with Crippen LogP contribution in [0.2, 0.25) is 0 Å². The normalized spacial score (nSPS) is 18.7. The highest BCUT2D eigenvalue weighted by molar-refractivity contribution is 5.84. The standard InChI is InChI=1S/C27H27N3O2/c31-26-17-21(18-30(26)22-11-12-22)27-28-24-8-3-4-9-25(24)29(27)14-5-15-32-23-13-10-19-6-1-2-7-20(19)16-23/h1-4,6-10,13,16,21-22H,5,11-12,14-15,17-18H2. The van der Waals surface area contributed by atoms with Crippen LogP contribution in [-0.4, -0.2) is 39.6 Å². The molecule has 5 heteroatoms. The van der Waals surface area contributed by atoms with E-state index in [4.69, 9.17) is 9.72 Å². The summed E-state index contributed by atoms with van der Waals surface area (Å²) in [6.45, 7) is 2.28. The SMILES string of the molecule is O=C1CC(c2nc3ccccc3n2CCCOc2ccc3ccccc3c2)CN1C1CC1. The second kappa shape index (κ2) is 7.97. The van der Waals surface area contributed by atoms with Crippen LogP contribution in [0.5, 0.6) is 5.75 Å². The van der Waals surface area contributed by atoms with Crippen molar-refractivity contribution in [1.29, 1.82) is 0 Å². The highest BCUT2D eigenvalue weighted by Gasteiger charge is 2.41. The van der Waals surface area contributed by atoms with Crippen molar-refractivity contribution in [3.8, 4) is 5.75 Å². The van der Waals surface area contributed by atoms with E-state index in [9.17, 15) is 4.79 Å². The first kappa shape index (κ1) is 19.4. The Morgan fingerprint density at radius 3 is 2.66 bits per heavy atom. The summed E-state index contributed by atoms with van der Waals surface area (Å²) in [5.74, 6) is 2.42. The summed E-state index contributed by atoms with van der Waals surface area (Å²) in [5.41, 5.74) is 2.15. The van der Waals surface area contributed by atoms with Crippen molar-refractivity contribution in [2.24, 2.45) is 0 Å². The number of benzene rings is 3. The molecule has 1 amide bonds. The van der Waals surface area contributed by atoms with E-state index < -0.39 is 0 Å². The number of fused-ring (bicyclic) bond motifs is 2. The van der Waals surface area contributed by atoms with Gasteiger partial charge in [-0.15, -0.1) is 0 Å². The van der Waals surface area contributed by atoms with Gasteiger partial charge in [0.1, 0.15) is 11.6 Å². The average molecular weight is 426 g/mol. The van der Waals surface area contributed by atoms with E-state index in [0.717, 1.165) is 55.0 Å². The number of nitrogens with zero attached hydrogens (tertiary/aromatic N) is 3. The molecule has 0 bridgehead atoms. The minimum atomic E-state index is 0.178. The minimum Gasteiger partial charge on any atom is -0.494 e. The number of imidazole rings is 1. The van der Waals surface area contributed by atoms with Gasteiger partial charge in [0.25, 0.3) is 0 Å². The number of para-hydroxylation sites is 2. The molecule has 1 saturated carbocycles. The number of carbonyl (C=O) groups is 1. The predicted molar refractivity (Wildman–Crippen MR) is 126 cm³/mol. The van der Waals surface area contributed by atoms with Crippen molar-refractivity contribution in [1.82, 2.24) is 14.5 Å². The maximum Gasteiger partial charge on any atom is 0.223 e. The van der Waals surface area contributed by atoms with Gasteiger partial charge in [0, 0.05) is 31.5 Å². The zero-order chi connectivity index (χ0) is 21.5. The third kappa shape index (κ3) is 3.62. The van der Waals surface area contributed by atoms with Crippen molar-refractivity contribution >= 4 is 27.7 Å². The van der Waals surface area contributed by atoms with E-state index in [1.165, 1.54) is 10.8 Å². The number of hydrogen-bond donors (Lipinski definition) is 0. The van der Waals surface area contributed by atoms with Crippen LogP contribution in [0.25, 0.3) is 21.8 Å². The third-order valence-electron chi connectivity index (χ3n) is 6.71. The molecule has 5 nitrogen and oxygen atoms in total. The molecule has 3 aromatic carbocycles. The van der Waals surface area contributed by atoms with Crippen molar-refractivity contribution in [2.45, 2.75) is 44.2 Å². The molecule has 32 heavy (non-hydrogen) atoms.